The number of benzene rings is 1. The van der Waals surface area contributed by atoms with Crippen molar-refractivity contribution in [3.63, 3.8) is 0 Å². The molecule has 0 saturated heterocycles. The van der Waals surface area contributed by atoms with Gasteiger partial charge in [0.25, 0.3) is 5.56 Å². The Morgan fingerprint density at radius 3 is 2.79 bits per heavy atom. The Labute approximate surface area is 146 Å². The minimum absolute atomic E-state index is 0.186. The second-order valence-electron chi connectivity index (χ2n) is 5.17. The fourth-order valence-electron chi connectivity index (χ4n) is 2.36. The lowest BCUT2D eigenvalue weighted by atomic mass is 10.3. The number of esters is 1. The van der Waals surface area contributed by atoms with Gasteiger partial charge in [0.2, 0.25) is 0 Å². The first-order chi connectivity index (χ1) is 11.5. The molecular formula is C16H15FN2O3S2. The van der Waals surface area contributed by atoms with Gasteiger partial charge < -0.3 is 4.74 Å². The van der Waals surface area contributed by atoms with Crippen molar-refractivity contribution in [1.29, 1.82) is 0 Å². The Morgan fingerprint density at radius 1 is 1.42 bits per heavy atom. The van der Waals surface area contributed by atoms with Crippen molar-refractivity contribution in [2.24, 2.45) is 0 Å². The van der Waals surface area contributed by atoms with Gasteiger partial charge in [-0.15, -0.1) is 11.8 Å². The van der Waals surface area contributed by atoms with Gasteiger partial charge in [0.15, 0.2) is 5.16 Å². The van der Waals surface area contributed by atoms with Gasteiger partial charge in [-0.2, -0.15) is 0 Å². The first kappa shape index (κ1) is 17.0. The van der Waals surface area contributed by atoms with Crippen molar-refractivity contribution in [2.75, 3.05) is 12.9 Å². The average Bonchev–Trinajstić information content (AvgIpc) is 3.04. The van der Waals surface area contributed by atoms with Crippen LogP contribution in [-0.2, 0) is 16.0 Å². The number of thioether (sulfide) groups is 2. The second kappa shape index (κ2) is 6.98. The molecule has 0 bridgehead atoms. The molecule has 0 aliphatic carbocycles. The van der Waals surface area contributed by atoms with Crippen LogP contribution < -0.4 is 5.56 Å². The predicted octanol–water partition coefficient (Wildman–Crippen LogP) is 2.67. The molecule has 0 unspecified atom stereocenters. The van der Waals surface area contributed by atoms with E-state index >= 15 is 0 Å². The fourth-order valence-corrected chi connectivity index (χ4v) is 4.36. The van der Waals surface area contributed by atoms with E-state index in [2.05, 4.69) is 4.98 Å². The highest BCUT2D eigenvalue weighted by molar-refractivity contribution is 8.00. The molecule has 3 rings (SSSR count). The molecular weight excluding hydrogens is 351 g/mol. The molecule has 8 heteroatoms. The van der Waals surface area contributed by atoms with Gasteiger partial charge in [0, 0.05) is 12.2 Å². The number of ether oxygens (including phenoxy) is 1. The van der Waals surface area contributed by atoms with Gasteiger partial charge in [-0.3, -0.25) is 14.2 Å². The SMILES string of the molecule is COC(=O)[C@@H](C)Sc1nc2c(c(=O)n1-c1ccc(F)cc1)SCC2. The summed E-state index contributed by atoms with van der Waals surface area (Å²) in [5, 5.41) is -0.105. The standard InChI is InChI=1S/C16H15FN2O3S2/c1-9(15(21)22-2)24-16-18-12-7-8-23-13(12)14(20)19(16)11-5-3-10(17)4-6-11/h3-6,9H,7-8H2,1-2H3/t9-/m1/s1. The maximum Gasteiger partial charge on any atom is 0.318 e. The Kier molecular flexibility index (Phi) is 4.96. The summed E-state index contributed by atoms with van der Waals surface area (Å²) in [5.74, 6) is 0.0315. The normalized spacial score (nSPS) is 14.3. The van der Waals surface area contributed by atoms with Crippen LogP contribution in [-0.4, -0.2) is 33.6 Å². The quantitative estimate of drug-likeness (QED) is 0.471. The van der Waals surface area contributed by atoms with Crippen molar-refractivity contribution in [1.82, 2.24) is 9.55 Å². The van der Waals surface area contributed by atoms with Crippen molar-refractivity contribution in [3.05, 3.63) is 46.1 Å². The zero-order chi connectivity index (χ0) is 17.3. The third-order valence-electron chi connectivity index (χ3n) is 3.57. The lowest BCUT2D eigenvalue weighted by molar-refractivity contribution is -0.139. The van der Waals surface area contributed by atoms with Crippen molar-refractivity contribution >= 4 is 29.5 Å². The third-order valence-corrected chi connectivity index (χ3v) is 5.70. The lowest BCUT2D eigenvalue weighted by Gasteiger charge is -2.15. The summed E-state index contributed by atoms with van der Waals surface area (Å²) in [6.45, 7) is 1.69. The van der Waals surface area contributed by atoms with E-state index in [1.54, 1.807) is 6.92 Å². The maximum atomic E-state index is 13.2. The summed E-state index contributed by atoms with van der Waals surface area (Å²) < 4.78 is 19.4. The monoisotopic (exact) mass is 366 g/mol. The van der Waals surface area contributed by atoms with E-state index in [-0.39, 0.29) is 11.4 Å². The van der Waals surface area contributed by atoms with Crippen LogP contribution in [0, 0.1) is 5.82 Å². The molecule has 0 N–H and O–H groups in total. The minimum atomic E-state index is -0.513. The first-order valence-corrected chi connectivity index (χ1v) is 9.17. The fraction of sp³-hybridized carbons (Fsp3) is 0.312. The molecule has 1 aliphatic rings. The summed E-state index contributed by atoms with van der Waals surface area (Å²) in [6, 6.07) is 5.63. The van der Waals surface area contributed by atoms with Crippen LogP contribution in [0.2, 0.25) is 0 Å². The number of hydrogen-bond donors (Lipinski definition) is 0. The Bertz CT molecular complexity index is 836. The molecule has 2 aromatic rings. The number of rotatable bonds is 4. The number of hydrogen-bond acceptors (Lipinski definition) is 6. The number of nitrogens with zero attached hydrogens (tertiary/aromatic N) is 2. The second-order valence-corrected chi connectivity index (χ2v) is 7.58. The van der Waals surface area contributed by atoms with Gasteiger partial charge in [-0.05, 0) is 31.2 Å². The van der Waals surface area contributed by atoms with Crippen LogP contribution in [0.25, 0.3) is 5.69 Å². The minimum Gasteiger partial charge on any atom is -0.468 e. The number of aromatic nitrogens is 2. The number of halogens is 1. The van der Waals surface area contributed by atoms with E-state index in [1.165, 1.54) is 47.7 Å². The summed E-state index contributed by atoms with van der Waals surface area (Å²) in [4.78, 5) is 29.8. The van der Waals surface area contributed by atoms with Crippen LogP contribution in [0.3, 0.4) is 0 Å². The molecule has 0 fully saturated rings. The molecule has 2 heterocycles. The summed E-state index contributed by atoms with van der Waals surface area (Å²) in [7, 11) is 1.32. The van der Waals surface area contributed by atoms with E-state index in [0.717, 1.165) is 29.6 Å². The van der Waals surface area contributed by atoms with Gasteiger partial charge in [0.05, 0.1) is 23.4 Å². The average molecular weight is 366 g/mol. The molecule has 24 heavy (non-hydrogen) atoms. The zero-order valence-electron chi connectivity index (χ0n) is 13.1. The highest BCUT2D eigenvalue weighted by atomic mass is 32.2. The lowest BCUT2D eigenvalue weighted by Crippen LogP contribution is -2.25. The van der Waals surface area contributed by atoms with E-state index in [9.17, 15) is 14.0 Å². The number of carbonyl (C=O) groups is 1. The maximum absolute atomic E-state index is 13.2. The number of carbonyl (C=O) groups excluding carboxylic acids is 1. The van der Waals surface area contributed by atoms with Crippen LogP contribution in [0.4, 0.5) is 4.39 Å². The Hall–Kier alpha value is -1.80. The van der Waals surface area contributed by atoms with Crippen molar-refractivity contribution < 1.29 is 13.9 Å². The summed E-state index contributed by atoms with van der Waals surface area (Å²) >= 11 is 2.63. The summed E-state index contributed by atoms with van der Waals surface area (Å²) in [5.41, 5.74) is 1.08. The topological polar surface area (TPSA) is 61.2 Å². The number of aryl methyl sites for hydroxylation is 1. The molecule has 5 nitrogen and oxygen atoms in total. The molecule has 1 aromatic heterocycles. The van der Waals surface area contributed by atoms with E-state index in [4.69, 9.17) is 4.74 Å². The third kappa shape index (κ3) is 3.21. The van der Waals surface area contributed by atoms with Gasteiger partial charge in [0.1, 0.15) is 11.1 Å². The largest absolute Gasteiger partial charge is 0.468 e. The molecule has 1 aliphatic heterocycles. The van der Waals surface area contributed by atoms with Gasteiger partial charge in [-0.25, -0.2) is 9.37 Å². The number of fused-ring (bicyclic) bond motifs is 1. The van der Waals surface area contributed by atoms with Crippen LogP contribution in [0.5, 0.6) is 0 Å². The van der Waals surface area contributed by atoms with Crippen molar-refractivity contribution in [3.8, 4) is 5.69 Å². The predicted molar refractivity (Wildman–Crippen MR) is 91.6 cm³/mol. The van der Waals surface area contributed by atoms with Gasteiger partial charge in [-0.1, -0.05) is 11.8 Å². The number of methoxy groups -OCH3 is 1. The molecule has 1 aromatic carbocycles. The Balaban J connectivity index is 2.12. The highest BCUT2D eigenvalue weighted by Crippen LogP contribution is 2.31. The van der Waals surface area contributed by atoms with Gasteiger partial charge >= 0.3 is 5.97 Å². The molecule has 0 saturated carbocycles. The van der Waals surface area contributed by atoms with E-state index < -0.39 is 11.2 Å². The molecule has 0 amide bonds. The Morgan fingerprint density at radius 2 is 2.12 bits per heavy atom. The van der Waals surface area contributed by atoms with Crippen LogP contribution >= 0.6 is 23.5 Å². The summed E-state index contributed by atoms with van der Waals surface area (Å²) in [6.07, 6.45) is 0.722. The van der Waals surface area contributed by atoms with Crippen molar-refractivity contribution in [2.45, 2.75) is 28.6 Å². The molecule has 0 radical (unpaired) electrons. The highest BCUT2D eigenvalue weighted by Gasteiger charge is 2.25. The zero-order valence-corrected chi connectivity index (χ0v) is 14.7. The van der Waals surface area contributed by atoms with E-state index in [1.807, 2.05) is 0 Å². The first-order valence-electron chi connectivity index (χ1n) is 7.30. The smallest absolute Gasteiger partial charge is 0.318 e. The van der Waals surface area contributed by atoms with Crippen LogP contribution in [0.15, 0.2) is 39.1 Å². The van der Waals surface area contributed by atoms with Crippen LogP contribution in [0.1, 0.15) is 12.6 Å². The van der Waals surface area contributed by atoms with E-state index in [0.29, 0.717) is 15.7 Å². The molecule has 1 atom stereocenters. The molecule has 126 valence electrons. The molecule has 0 spiro atoms.